The summed E-state index contributed by atoms with van der Waals surface area (Å²) >= 11 is 2.85. The number of pyridine rings is 1. The molecule has 0 aliphatic carbocycles. The van der Waals surface area contributed by atoms with Gasteiger partial charge in [0.25, 0.3) is 11.5 Å². The third-order valence-corrected chi connectivity index (χ3v) is 6.71. The summed E-state index contributed by atoms with van der Waals surface area (Å²) in [7, 11) is 0. The summed E-state index contributed by atoms with van der Waals surface area (Å²) in [6.07, 6.45) is 1.62. The molecule has 1 amide bonds. The molecule has 31 heavy (non-hydrogen) atoms. The van der Waals surface area contributed by atoms with E-state index >= 15 is 0 Å². The number of nitrogens with zero attached hydrogens (tertiary/aromatic N) is 2. The van der Waals surface area contributed by atoms with E-state index in [1.807, 2.05) is 49.4 Å². The van der Waals surface area contributed by atoms with Crippen LogP contribution >= 0.6 is 22.7 Å². The largest absolute Gasteiger partial charge is 0.489 e. The first-order valence-electron chi connectivity index (χ1n) is 9.70. The fourth-order valence-electron chi connectivity index (χ4n) is 2.97. The number of hydrogen-bond donors (Lipinski definition) is 1. The third-order valence-electron chi connectivity index (χ3n) is 4.56. The molecule has 0 radical (unpaired) electrons. The average molecular weight is 452 g/mol. The molecule has 158 valence electrons. The van der Waals surface area contributed by atoms with Gasteiger partial charge in [0.15, 0.2) is 5.13 Å². The van der Waals surface area contributed by atoms with Gasteiger partial charge in [-0.25, -0.2) is 4.98 Å². The number of rotatable bonds is 7. The molecule has 0 saturated carbocycles. The maximum absolute atomic E-state index is 12.6. The smallest absolute Gasteiger partial charge is 0.263 e. The van der Waals surface area contributed by atoms with Gasteiger partial charge in [-0.2, -0.15) is 0 Å². The Morgan fingerprint density at radius 3 is 2.61 bits per heavy atom. The molecule has 3 aromatic heterocycles. The van der Waals surface area contributed by atoms with E-state index in [9.17, 15) is 9.59 Å². The van der Waals surface area contributed by atoms with Crippen molar-refractivity contribution in [3.63, 3.8) is 0 Å². The number of carbonyl (C=O) groups excluding carboxylic acids is 1. The molecule has 0 atom stereocenters. The molecular weight excluding hydrogens is 430 g/mol. The predicted octanol–water partition coefficient (Wildman–Crippen LogP) is 4.48. The van der Waals surface area contributed by atoms with E-state index in [-0.39, 0.29) is 11.5 Å². The van der Waals surface area contributed by atoms with Crippen molar-refractivity contribution < 1.29 is 9.53 Å². The van der Waals surface area contributed by atoms with Gasteiger partial charge in [0.05, 0.1) is 12.2 Å². The highest BCUT2D eigenvalue weighted by Crippen LogP contribution is 2.22. The molecule has 1 N–H and O–H groups in total. The Balaban J connectivity index is 1.45. The molecule has 0 unspecified atom stereocenters. The summed E-state index contributed by atoms with van der Waals surface area (Å²) in [4.78, 5) is 32.4. The van der Waals surface area contributed by atoms with Gasteiger partial charge in [-0.3, -0.25) is 14.2 Å². The first kappa shape index (κ1) is 21.0. The van der Waals surface area contributed by atoms with Gasteiger partial charge in [0, 0.05) is 22.0 Å². The molecule has 1 aromatic carbocycles. The predicted molar refractivity (Wildman–Crippen MR) is 123 cm³/mol. The number of hydrogen-bond acceptors (Lipinski definition) is 6. The Morgan fingerprint density at radius 1 is 1.10 bits per heavy atom. The van der Waals surface area contributed by atoms with Crippen LogP contribution in [0.5, 0.6) is 5.75 Å². The van der Waals surface area contributed by atoms with Crippen molar-refractivity contribution >= 4 is 28.6 Å². The lowest BCUT2D eigenvalue weighted by Crippen LogP contribution is -2.22. The minimum atomic E-state index is -0.264. The van der Waals surface area contributed by atoms with E-state index in [1.165, 1.54) is 26.8 Å². The lowest BCUT2D eigenvalue weighted by Gasteiger charge is -2.07. The Bertz CT molecular complexity index is 1260. The summed E-state index contributed by atoms with van der Waals surface area (Å²) in [6.45, 7) is 4.66. The van der Waals surface area contributed by atoms with Gasteiger partial charge < -0.3 is 10.1 Å². The highest BCUT2D eigenvalue weighted by atomic mass is 32.1. The standard InChI is InChI=1S/C23H21N3O3S2/c1-15-8-9-19(30-15)13-24-22(28)21-16(2)25-23(31-21)26-11-10-18(12-20(26)27)29-14-17-6-4-3-5-7-17/h3-12H,13-14H2,1-2H3,(H,24,28). The molecule has 6 nitrogen and oxygen atoms in total. The highest BCUT2D eigenvalue weighted by molar-refractivity contribution is 7.16. The fourth-order valence-corrected chi connectivity index (χ4v) is 4.78. The molecule has 0 fully saturated rings. The summed E-state index contributed by atoms with van der Waals surface area (Å²) in [5.41, 5.74) is 1.35. The lowest BCUT2D eigenvalue weighted by molar-refractivity contribution is 0.0954. The van der Waals surface area contributed by atoms with Crippen LogP contribution in [0.1, 0.15) is 30.7 Å². The maximum Gasteiger partial charge on any atom is 0.263 e. The Labute approximate surface area is 187 Å². The third kappa shape index (κ3) is 5.10. The number of benzene rings is 1. The van der Waals surface area contributed by atoms with E-state index < -0.39 is 0 Å². The molecule has 3 heterocycles. The molecule has 0 spiro atoms. The molecule has 4 rings (SSSR count). The lowest BCUT2D eigenvalue weighted by atomic mass is 10.2. The van der Waals surface area contributed by atoms with Gasteiger partial charge in [0.1, 0.15) is 17.2 Å². The SMILES string of the molecule is Cc1ccc(CNC(=O)c2sc(-n3ccc(OCc4ccccc4)cc3=O)nc2C)s1. The second kappa shape index (κ2) is 9.28. The van der Waals surface area contributed by atoms with Gasteiger partial charge in [-0.1, -0.05) is 41.7 Å². The van der Waals surface area contributed by atoms with Gasteiger partial charge in [0.2, 0.25) is 0 Å². The van der Waals surface area contributed by atoms with Gasteiger partial charge in [-0.05, 0) is 37.6 Å². The van der Waals surface area contributed by atoms with Crippen LogP contribution in [0, 0.1) is 13.8 Å². The first-order chi connectivity index (χ1) is 15.0. The second-order valence-corrected chi connectivity index (χ2v) is 9.30. The second-order valence-electron chi connectivity index (χ2n) is 6.95. The van der Waals surface area contributed by atoms with Crippen LogP contribution in [0.15, 0.2) is 65.6 Å². The van der Waals surface area contributed by atoms with Crippen LogP contribution in [0.2, 0.25) is 0 Å². The number of thiophene rings is 1. The Kier molecular flexibility index (Phi) is 6.29. The zero-order valence-corrected chi connectivity index (χ0v) is 18.8. The van der Waals surface area contributed by atoms with Crippen molar-refractivity contribution in [1.82, 2.24) is 14.9 Å². The van der Waals surface area contributed by atoms with Crippen LogP contribution in [-0.2, 0) is 13.2 Å². The summed E-state index contributed by atoms with van der Waals surface area (Å²) < 4.78 is 7.14. The zero-order valence-electron chi connectivity index (χ0n) is 17.1. The van der Waals surface area contributed by atoms with Crippen molar-refractivity contribution in [2.24, 2.45) is 0 Å². The Hall–Kier alpha value is -3.23. The van der Waals surface area contributed by atoms with Crippen molar-refractivity contribution in [2.45, 2.75) is 27.0 Å². The van der Waals surface area contributed by atoms with E-state index in [4.69, 9.17) is 4.74 Å². The molecule has 0 aliphatic heterocycles. The Morgan fingerprint density at radius 2 is 1.90 bits per heavy atom. The number of aryl methyl sites for hydroxylation is 2. The fraction of sp³-hybridized carbons (Fsp3) is 0.174. The number of aromatic nitrogens is 2. The van der Waals surface area contributed by atoms with Crippen LogP contribution in [-0.4, -0.2) is 15.5 Å². The number of carbonyl (C=O) groups is 1. The molecule has 0 aliphatic rings. The van der Waals surface area contributed by atoms with Crippen molar-refractivity contribution in [3.8, 4) is 10.9 Å². The minimum absolute atomic E-state index is 0.192. The van der Waals surface area contributed by atoms with Crippen molar-refractivity contribution in [3.05, 3.63) is 97.0 Å². The number of thiazole rings is 1. The van der Waals surface area contributed by atoms with E-state index in [0.29, 0.717) is 34.6 Å². The summed E-state index contributed by atoms with van der Waals surface area (Å²) in [5, 5.41) is 3.38. The quantitative estimate of drug-likeness (QED) is 0.450. The highest BCUT2D eigenvalue weighted by Gasteiger charge is 2.17. The zero-order chi connectivity index (χ0) is 21.8. The number of nitrogens with one attached hydrogen (secondary N) is 1. The number of ether oxygens (including phenoxy) is 1. The normalized spacial score (nSPS) is 10.8. The van der Waals surface area contributed by atoms with Gasteiger partial charge >= 0.3 is 0 Å². The van der Waals surface area contributed by atoms with E-state index in [1.54, 1.807) is 30.5 Å². The first-order valence-corrected chi connectivity index (χ1v) is 11.3. The van der Waals surface area contributed by atoms with Crippen LogP contribution in [0.25, 0.3) is 5.13 Å². The van der Waals surface area contributed by atoms with Gasteiger partial charge in [-0.15, -0.1) is 11.3 Å². The monoisotopic (exact) mass is 451 g/mol. The molecule has 8 heteroatoms. The van der Waals surface area contributed by atoms with Crippen LogP contribution < -0.4 is 15.6 Å². The van der Waals surface area contributed by atoms with Crippen molar-refractivity contribution in [2.75, 3.05) is 0 Å². The van der Waals surface area contributed by atoms with Crippen LogP contribution in [0.3, 0.4) is 0 Å². The molecule has 4 aromatic rings. The molecule has 0 bridgehead atoms. The summed E-state index contributed by atoms with van der Waals surface area (Å²) in [6, 6.07) is 16.9. The summed E-state index contributed by atoms with van der Waals surface area (Å²) in [5.74, 6) is 0.297. The molecular formula is C23H21N3O3S2. The van der Waals surface area contributed by atoms with E-state index in [2.05, 4.69) is 10.3 Å². The van der Waals surface area contributed by atoms with Crippen molar-refractivity contribution in [1.29, 1.82) is 0 Å². The maximum atomic E-state index is 12.6. The van der Waals surface area contributed by atoms with E-state index in [0.717, 1.165) is 10.4 Å². The minimum Gasteiger partial charge on any atom is -0.489 e. The number of amides is 1. The van der Waals surface area contributed by atoms with Crippen LogP contribution in [0.4, 0.5) is 0 Å². The topological polar surface area (TPSA) is 73.2 Å². The average Bonchev–Trinajstić information content (AvgIpc) is 3.36. The molecule has 0 saturated heterocycles.